The van der Waals surface area contributed by atoms with Crippen molar-refractivity contribution in [3.05, 3.63) is 84.3 Å². The molecule has 0 aliphatic heterocycles. The molecule has 0 unspecified atom stereocenters. The first-order valence-corrected chi connectivity index (χ1v) is 10.2. The summed E-state index contributed by atoms with van der Waals surface area (Å²) in [6.07, 6.45) is -3.72. The van der Waals surface area contributed by atoms with Crippen LogP contribution in [0, 0.1) is 5.82 Å². The molecular weight excluding hydrogens is 502 g/mol. The molecule has 0 amide bonds. The maximum atomic E-state index is 14.7. The molecule has 0 saturated heterocycles. The molecule has 3 rings (SSSR count). The molecule has 0 atom stereocenters. The van der Waals surface area contributed by atoms with E-state index >= 15 is 0 Å². The molecule has 2 heterocycles. The summed E-state index contributed by atoms with van der Waals surface area (Å²) in [5.74, 6) is -2.65. The van der Waals surface area contributed by atoms with Gasteiger partial charge in [0.2, 0.25) is 0 Å². The molecule has 0 fully saturated rings. The number of nitrogens with zero attached hydrogens (tertiary/aromatic N) is 3. The van der Waals surface area contributed by atoms with E-state index in [2.05, 4.69) is 0 Å². The molecule has 0 aliphatic rings. The first kappa shape index (κ1) is 25.7. The maximum Gasteiger partial charge on any atom is 0.431 e. The molecule has 0 aliphatic carbocycles. The third kappa shape index (κ3) is 5.29. The summed E-state index contributed by atoms with van der Waals surface area (Å²) in [5.41, 5.74) is -6.00. The van der Waals surface area contributed by atoms with Crippen LogP contribution in [-0.4, -0.2) is 26.3 Å². The molecule has 3 aromatic rings. The fraction of sp³-hybridized carbons (Fsp3) is 0.238. The van der Waals surface area contributed by atoms with Gasteiger partial charge in [0.1, 0.15) is 23.8 Å². The van der Waals surface area contributed by atoms with Gasteiger partial charge in [0, 0.05) is 25.4 Å². The van der Waals surface area contributed by atoms with Crippen LogP contribution >= 0.6 is 11.6 Å². The number of esters is 1. The second-order valence-electron chi connectivity index (χ2n) is 6.99. The average molecular weight is 518 g/mol. The molecule has 0 bridgehead atoms. The Morgan fingerprint density at radius 3 is 2.43 bits per heavy atom. The van der Waals surface area contributed by atoms with E-state index in [0.717, 1.165) is 17.7 Å². The van der Waals surface area contributed by atoms with Crippen LogP contribution in [0.1, 0.15) is 12.6 Å². The van der Waals surface area contributed by atoms with Crippen molar-refractivity contribution >= 4 is 17.6 Å². The highest BCUT2D eigenvalue weighted by molar-refractivity contribution is 6.32. The molecule has 35 heavy (non-hydrogen) atoms. The minimum absolute atomic E-state index is 0.0977. The van der Waals surface area contributed by atoms with E-state index in [1.807, 2.05) is 0 Å². The van der Waals surface area contributed by atoms with E-state index in [0.29, 0.717) is 6.07 Å². The Bertz CT molecular complexity index is 1480. The van der Waals surface area contributed by atoms with E-state index in [1.165, 1.54) is 18.3 Å². The predicted octanol–water partition coefficient (Wildman–Crippen LogP) is 2.86. The molecular formula is C21H16ClF4N3O6. The minimum atomic E-state index is -5.00. The largest absolute Gasteiger partial charge is 0.465 e. The van der Waals surface area contributed by atoms with Crippen molar-refractivity contribution in [3.63, 3.8) is 0 Å². The molecule has 0 saturated carbocycles. The Labute approximate surface area is 198 Å². The zero-order chi connectivity index (χ0) is 26.1. The first-order chi connectivity index (χ1) is 16.3. The quantitative estimate of drug-likeness (QED) is 0.368. The number of carbonyl (C=O) groups is 1. The molecule has 14 heteroatoms. The van der Waals surface area contributed by atoms with Crippen molar-refractivity contribution < 1.29 is 31.8 Å². The fourth-order valence-corrected chi connectivity index (χ4v) is 3.26. The van der Waals surface area contributed by atoms with Gasteiger partial charge < -0.3 is 14.0 Å². The Kier molecular flexibility index (Phi) is 7.19. The first-order valence-electron chi connectivity index (χ1n) is 9.77. The van der Waals surface area contributed by atoms with Gasteiger partial charge in [-0.15, -0.1) is 0 Å². The molecule has 0 spiro atoms. The molecule has 186 valence electrons. The summed E-state index contributed by atoms with van der Waals surface area (Å²) in [6, 6.07) is 4.17. The standard InChI is InChI=1S/C21H16ClF4N3O6/c1-3-34-18(31)10-28-6-4-5-14(19(28)32)35-15-8-13(12(23)7-11(15)22)29-17(30)9-16(21(24,25)26)27(2)20(29)33/h4-9H,3,10H2,1-2H3. The van der Waals surface area contributed by atoms with Crippen molar-refractivity contribution in [3.8, 4) is 17.2 Å². The van der Waals surface area contributed by atoms with Crippen molar-refractivity contribution in [1.29, 1.82) is 0 Å². The summed E-state index contributed by atoms with van der Waals surface area (Å²) in [7, 11) is 0.766. The van der Waals surface area contributed by atoms with E-state index in [4.69, 9.17) is 21.1 Å². The van der Waals surface area contributed by atoms with Gasteiger partial charge in [-0.3, -0.25) is 19.0 Å². The number of hydrogen-bond donors (Lipinski definition) is 0. The summed E-state index contributed by atoms with van der Waals surface area (Å²) in [5, 5.41) is -0.372. The third-order valence-electron chi connectivity index (χ3n) is 4.66. The number of alkyl halides is 3. The highest BCUT2D eigenvalue weighted by Crippen LogP contribution is 2.32. The Balaban J connectivity index is 2.10. The van der Waals surface area contributed by atoms with Crippen LogP contribution in [0.3, 0.4) is 0 Å². The van der Waals surface area contributed by atoms with Crippen LogP contribution in [0.2, 0.25) is 5.02 Å². The Morgan fingerprint density at radius 2 is 1.80 bits per heavy atom. The maximum absolute atomic E-state index is 14.7. The van der Waals surface area contributed by atoms with Gasteiger partial charge in [-0.2, -0.15) is 13.2 Å². The van der Waals surface area contributed by atoms with Crippen LogP contribution in [0.15, 0.2) is 50.9 Å². The molecule has 0 N–H and O–H groups in total. The van der Waals surface area contributed by atoms with E-state index in [1.54, 1.807) is 6.92 Å². The Hall–Kier alpha value is -3.87. The highest BCUT2D eigenvalue weighted by atomic mass is 35.5. The number of hydrogen-bond acceptors (Lipinski definition) is 6. The lowest BCUT2D eigenvalue weighted by Gasteiger charge is -2.15. The number of rotatable bonds is 6. The van der Waals surface area contributed by atoms with Gasteiger partial charge in [-0.1, -0.05) is 11.6 Å². The molecule has 0 radical (unpaired) electrons. The van der Waals surface area contributed by atoms with Crippen LogP contribution in [0.4, 0.5) is 17.6 Å². The third-order valence-corrected chi connectivity index (χ3v) is 4.96. The van der Waals surface area contributed by atoms with Gasteiger partial charge in [-0.05, 0) is 25.1 Å². The van der Waals surface area contributed by atoms with E-state index in [-0.39, 0.29) is 38.3 Å². The number of ether oxygens (including phenoxy) is 2. The molecule has 2 aromatic heterocycles. The monoisotopic (exact) mass is 517 g/mol. The summed E-state index contributed by atoms with van der Waals surface area (Å²) in [6.45, 7) is 1.26. The van der Waals surface area contributed by atoms with E-state index in [9.17, 15) is 36.7 Å². The lowest BCUT2D eigenvalue weighted by molar-refractivity contribution is -0.144. The van der Waals surface area contributed by atoms with Gasteiger partial charge in [0.05, 0.1) is 17.3 Å². The SMILES string of the molecule is CCOC(=O)Cn1cccc(Oc2cc(-n3c(=O)cc(C(F)(F)F)n(C)c3=O)c(F)cc2Cl)c1=O. The number of pyridine rings is 1. The normalized spacial score (nSPS) is 11.4. The number of benzene rings is 1. The summed E-state index contributed by atoms with van der Waals surface area (Å²) >= 11 is 5.99. The zero-order valence-corrected chi connectivity index (χ0v) is 18.8. The number of carbonyl (C=O) groups excluding carboxylic acids is 1. The van der Waals surface area contributed by atoms with Gasteiger partial charge >= 0.3 is 17.8 Å². The van der Waals surface area contributed by atoms with Crippen LogP contribution < -0.4 is 21.5 Å². The number of halogens is 5. The second kappa shape index (κ2) is 9.78. The zero-order valence-electron chi connectivity index (χ0n) is 18.1. The van der Waals surface area contributed by atoms with Crippen molar-refractivity contribution in [2.24, 2.45) is 7.05 Å². The van der Waals surface area contributed by atoms with E-state index < -0.39 is 52.7 Å². The Morgan fingerprint density at radius 1 is 1.11 bits per heavy atom. The summed E-state index contributed by atoms with van der Waals surface area (Å²) in [4.78, 5) is 49.2. The highest BCUT2D eigenvalue weighted by Gasteiger charge is 2.35. The van der Waals surface area contributed by atoms with Crippen LogP contribution in [0.5, 0.6) is 11.5 Å². The summed E-state index contributed by atoms with van der Waals surface area (Å²) < 4.78 is 65.4. The fourth-order valence-electron chi connectivity index (χ4n) is 3.07. The smallest absolute Gasteiger partial charge is 0.431 e. The lowest BCUT2D eigenvalue weighted by Crippen LogP contribution is -2.41. The topological polar surface area (TPSA) is 102 Å². The second-order valence-corrected chi connectivity index (χ2v) is 7.40. The average Bonchev–Trinajstić information content (AvgIpc) is 2.75. The van der Waals surface area contributed by atoms with Crippen molar-refractivity contribution in [2.75, 3.05) is 6.61 Å². The van der Waals surface area contributed by atoms with Crippen molar-refractivity contribution in [1.82, 2.24) is 13.7 Å². The van der Waals surface area contributed by atoms with Crippen LogP contribution in [-0.2, 0) is 29.3 Å². The van der Waals surface area contributed by atoms with Gasteiger partial charge in [0.25, 0.3) is 11.1 Å². The number of aromatic nitrogens is 3. The molecule has 1 aromatic carbocycles. The minimum Gasteiger partial charge on any atom is -0.465 e. The molecule has 9 nitrogen and oxygen atoms in total. The van der Waals surface area contributed by atoms with Crippen LogP contribution in [0.25, 0.3) is 5.69 Å². The lowest BCUT2D eigenvalue weighted by atomic mass is 10.2. The predicted molar refractivity (Wildman–Crippen MR) is 115 cm³/mol. The van der Waals surface area contributed by atoms with Gasteiger partial charge in [0.15, 0.2) is 5.75 Å². The van der Waals surface area contributed by atoms with Crippen molar-refractivity contribution in [2.45, 2.75) is 19.6 Å². The van der Waals surface area contributed by atoms with Gasteiger partial charge in [-0.25, -0.2) is 13.8 Å².